The first kappa shape index (κ1) is 28.3. The summed E-state index contributed by atoms with van der Waals surface area (Å²) >= 11 is 0. The lowest BCUT2D eigenvalue weighted by molar-refractivity contribution is -0.384. The number of hydrogen-bond acceptors (Lipinski definition) is 8. The Morgan fingerprint density at radius 2 is 1.79 bits per heavy atom. The maximum atomic E-state index is 13.4. The number of nitro groups is 1. The van der Waals surface area contributed by atoms with Crippen molar-refractivity contribution in [3.8, 4) is 0 Å². The van der Waals surface area contributed by atoms with Crippen LogP contribution in [0.1, 0.15) is 44.9 Å². The Bertz CT molecular complexity index is 1230. The number of nitrogens with zero attached hydrogens (tertiary/aromatic N) is 3. The minimum atomic E-state index is -1.29. The molecule has 1 aliphatic rings. The molecule has 0 fully saturated rings. The van der Waals surface area contributed by atoms with Crippen LogP contribution in [0.15, 0.2) is 65.9 Å². The number of likely N-dealkylation sites (N-methyl/N-ethyl adjacent to an activating group) is 1. The van der Waals surface area contributed by atoms with Crippen molar-refractivity contribution in [1.29, 1.82) is 0 Å². The summed E-state index contributed by atoms with van der Waals surface area (Å²) in [7, 11) is 1.88. The van der Waals surface area contributed by atoms with Crippen LogP contribution in [0, 0.1) is 10.1 Å². The molecule has 1 N–H and O–H groups in total. The number of allylic oxidation sites excluding steroid dienone is 1. The first-order valence-electron chi connectivity index (χ1n) is 12.2. The zero-order valence-corrected chi connectivity index (χ0v) is 22.0. The average molecular weight is 525 g/mol. The number of carbonyl (C=O) groups is 3. The van der Waals surface area contributed by atoms with Crippen molar-refractivity contribution in [3.05, 3.63) is 87.1 Å². The molecule has 2 aromatic carbocycles. The number of esters is 1. The Morgan fingerprint density at radius 1 is 1.11 bits per heavy atom. The van der Waals surface area contributed by atoms with Crippen molar-refractivity contribution >= 4 is 23.8 Å². The molecule has 1 heterocycles. The summed E-state index contributed by atoms with van der Waals surface area (Å²) in [5, 5.41) is 14.0. The maximum Gasteiger partial charge on any atom is 0.419 e. The van der Waals surface area contributed by atoms with E-state index in [4.69, 9.17) is 9.47 Å². The minimum absolute atomic E-state index is 0.0235. The second-order valence-electron chi connectivity index (χ2n) is 9.42. The molecule has 2 atom stereocenters. The molecule has 1 unspecified atom stereocenters. The normalized spacial score (nSPS) is 16.3. The van der Waals surface area contributed by atoms with Crippen LogP contribution >= 0.6 is 0 Å². The topological polar surface area (TPSA) is 131 Å². The molecule has 38 heavy (non-hydrogen) atoms. The van der Waals surface area contributed by atoms with Crippen molar-refractivity contribution in [1.82, 2.24) is 15.1 Å². The van der Waals surface area contributed by atoms with Gasteiger partial charge in [-0.2, -0.15) is 0 Å². The van der Waals surface area contributed by atoms with Gasteiger partial charge in [0.25, 0.3) is 5.69 Å². The molecular weight excluding hydrogens is 492 g/mol. The fourth-order valence-corrected chi connectivity index (χ4v) is 4.26. The molecule has 11 nitrogen and oxygen atoms in total. The molecule has 0 radical (unpaired) electrons. The molecular formula is C27H32N4O7. The quantitative estimate of drug-likeness (QED) is 0.287. The summed E-state index contributed by atoms with van der Waals surface area (Å²) in [5.41, 5.74) is 1.17. The van der Waals surface area contributed by atoms with Gasteiger partial charge in [-0.1, -0.05) is 42.5 Å². The third-order valence-electron chi connectivity index (χ3n) is 5.77. The van der Waals surface area contributed by atoms with Crippen LogP contribution in [-0.2, 0) is 20.8 Å². The van der Waals surface area contributed by atoms with Gasteiger partial charge in [0.15, 0.2) is 0 Å². The Balaban J connectivity index is 1.90. The molecule has 3 amide bonds. The van der Waals surface area contributed by atoms with Gasteiger partial charge < -0.3 is 14.8 Å². The number of rotatable bonds is 9. The minimum Gasteiger partial charge on any atom is -0.459 e. The van der Waals surface area contributed by atoms with Crippen LogP contribution < -0.4 is 5.32 Å². The molecule has 0 saturated heterocycles. The number of non-ortho nitro benzene ring substituents is 1. The van der Waals surface area contributed by atoms with E-state index in [1.54, 1.807) is 20.8 Å². The summed E-state index contributed by atoms with van der Waals surface area (Å²) in [5.74, 6) is -0.762. The van der Waals surface area contributed by atoms with E-state index in [0.717, 1.165) is 10.5 Å². The van der Waals surface area contributed by atoms with Crippen LogP contribution in [0.5, 0.6) is 0 Å². The lowest BCUT2D eigenvalue weighted by Gasteiger charge is -2.36. The molecule has 202 valence electrons. The standard InChI is InChI=1S/C27H32N4O7/c1-17(2)37-25(32)23-19(4)28-26(33)30(24(23)21-12-9-13-22(14-21)31(35)36)27(34)38-18(3)15-29(5)16-20-10-7-6-8-11-20/h6-14,17-18,24H,15-16H2,1-5H3,(H,28,33)/t18-,24?/m0/s1. The third kappa shape index (κ3) is 6.94. The van der Waals surface area contributed by atoms with Gasteiger partial charge in [0.2, 0.25) is 0 Å². The highest BCUT2D eigenvalue weighted by Gasteiger charge is 2.43. The monoisotopic (exact) mass is 524 g/mol. The van der Waals surface area contributed by atoms with E-state index < -0.39 is 41.3 Å². The number of benzene rings is 2. The van der Waals surface area contributed by atoms with Crippen molar-refractivity contribution < 1.29 is 28.8 Å². The number of hydrogen-bond donors (Lipinski definition) is 1. The molecule has 3 rings (SSSR count). The Hall–Kier alpha value is -4.25. The Kier molecular flexibility index (Phi) is 9.19. The van der Waals surface area contributed by atoms with E-state index in [1.165, 1.54) is 31.2 Å². The largest absolute Gasteiger partial charge is 0.459 e. The molecule has 0 aliphatic carbocycles. The molecule has 0 bridgehead atoms. The average Bonchev–Trinajstić information content (AvgIpc) is 2.83. The van der Waals surface area contributed by atoms with Crippen molar-refractivity contribution in [2.24, 2.45) is 0 Å². The Morgan fingerprint density at radius 3 is 2.42 bits per heavy atom. The highest BCUT2D eigenvalue weighted by molar-refractivity contribution is 6.00. The van der Waals surface area contributed by atoms with Crippen LogP contribution in [0.2, 0.25) is 0 Å². The van der Waals surface area contributed by atoms with E-state index in [9.17, 15) is 24.5 Å². The van der Waals surface area contributed by atoms with Crippen molar-refractivity contribution in [2.75, 3.05) is 13.6 Å². The zero-order valence-electron chi connectivity index (χ0n) is 22.0. The van der Waals surface area contributed by atoms with Gasteiger partial charge >= 0.3 is 18.1 Å². The SMILES string of the molecule is CC1=C(C(=O)OC(C)C)C(c2cccc([N+](=O)[O-])c2)N(C(=O)O[C@@H](C)CN(C)Cc2ccccc2)C(=O)N1. The molecule has 2 aromatic rings. The molecule has 0 spiro atoms. The second-order valence-corrected chi connectivity index (χ2v) is 9.42. The van der Waals surface area contributed by atoms with Crippen LogP contribution in [0.3, 0.4) is 0 Å². The fraction of sp³-hybridized carbons (Fsp3) is 0.370. The molecule has 1 aliphatic heterocycles. The van der Waals surface area contributed by atoms with Gasteiger partial charge in [-0.3, -0.25) is 15.0 Å². The molecule has 0 aromatic heterocycles. The van der Waals surface area contributed by atoms with Gasteiger partial charge in [-0.15, -0.1) is 0 Å². The number of imide groups is 1. The molecule has 0 saturated carbocycles. The van der Waals surface area contributed by atoms with Crippen LogP contribution in [0.25, 0.3) is 0 Å². The highest BCUT2D eigenvalue weighted by atomic mass is 16.6. The van der Waals surface area contributed by atoms with Crippen molar-refractivity contribution in [3.63, 3.8) is 0 Å². The smallest absolute Gasteiger partial charge is 0.419 e. The Labute approximate surface area is 221 Å². The summed E-state index contributed by atoms with van der Waals surface area (Å²) in [6.07, 6.45) is -2.10. The van der Waals surface area contributed by atoms with Gasteiger partial charge in [0.1, 0.15) is 12.1 Å². The predicted octanol–water partition coefficient (Wildman–Crippen LogP) is 4.54. The predicted molar refractivity (Wildman–Crippen MR) is 139 cm³/mol. The summed E-state index contributed by atoms with van der Waals surface area (Å²) < 4.78 is 11.0. The lowest BCUT2D eigenvalue weighted by atomic mass is 9.93. The number of carbonyl (C=O) groups excluding carboxylic acids is 3. The first-order chi connectivity index (χ1) is 18.0. The highest BCUT2D eigenvalue weighted by Crippen LogP contribution is 2.36. The van der Waals surface area contributed by atoms with E-state index in [0.29, 0.717) is 13.1 Å². The van der Waals surface area contributed by atoms with Gasteiger partial charge in [0.05, 0.1) is 16.6 Å². The summed E-state index contributed by atoms with van der Waals surface area (Å²) in [6, 6.07) is 13.1. The van der Waals surface area contributed by atoms with Crippen LogP contribution in [0.4, 0.5) is 15.3 Å². The number of amides is 3. The van der Waals surface area contributed by atoms with Gasteiger partial charge in [-0.05, 0) is 45.9 Å². The van der Waals surface area contributed by atoms with E-state index in [1.807, 2.05) is 42.3 Å². The van der Waals surface area contributed by atoms with Gasteiger partial charge in [0, 0.05) is 30.9 Å². The lowest BCUT2D eigenvalue weighted by Crippen LogP contribution is -2.52. The van der Waals surface area contributed by atoms with E-state index in [2.05, 4.69) is 5.32 Å². The number of nitro benzene ring substituents is 1. The number of nitrogens with one attached hydrogen (secondary N) is 1. The second kappa shape index (κ2) is 12.3. The third-order valence-corrected chi connectivity index (χ3v) is 5.77. The maximum absolute atomic E-state index is 13.4. The fourth-order valence-electron chi connectivity index (χ4n) is 4.26. The van der Waals surface area contributed by atoms with Gasteiger partial charge in [-0.25, -0.2) is 19.3 Å². The number of ether oxygens (including phenoxy) is 2. The van der Waals surface area contributed by atoms with Crippen LogP contribution in [-0.4, -0.2) is 58.6 Å². The van der Waals surface area contributed by atoms with E-state index >= 15 is 0 Å². The summed E-state index contributed by atoms with van der Waals surface area (Å²) in [4.78, 5) is 53.1. The zero-order chi connectivity index (χ0) is 28.0. The summed E-state index contributed by atoms with van der Waals surface area (Å²) in [6.45, 7) is 7.52. The first-order valence-corrected chi connectivity index (χ1v) is 12.2. The number of urea groups is 1. The van der Waals surface area contributed by atoms with E-state index in [-0.39, 0.29) is 22.5 Å². The van der Waals surface area contributed by atoms with Crippen molar-refractivity contribution in [2.45, 2.75) is 52.5 Å². The molecule has 11 heteroatoms.